The van der Waals surface area contributed by atoms with Gasteiger partial charge >= 0.3 is 0 Å². The summed E-state index contributed by atoms with van der Waals surface area (Å²) < 4.78 is 22.8. The molecule has 0 aliphatic rings. The predicted octanol–water partition coefficient (Wildman–Crippen LogP) is 1.42. The molecule has 0 rings (SSSR count). The topological polar surface area (TPSA) is 46.2 Å². The van der Waals surface area contributed by atoms with Crippen LogP contribution in [0.3, 0.4) is 0 Å². The number of hydrogen-bond donors (Lipinski definition) is 1. The van der Waals surface area contributed by atoms with E-state index in [9.17, 15) is 8.42 Å². The smallest absolute Gasteiger partial charge is 0.153 e. The summed E-state index contributed by atoms with van der Waals surface area (Å²) in [6.07, 6.45) is 0.864. The summed E-state index contributed by atoms with van der Waals surface area (Å²) in [5, 5.41) is 2.85. The molecule has 0 heterocycles. The van der Waals surface area contributed by atoms with Crippen molar-refractivity contribution in [1.29, 1.82) is 0 Å². The average Bonchev–Trinajstić information content (AvgIpc) is 2.04. The molecule has 0 saturated heterocycles. The van der Waals surface area contributed by atoms with Gasteiger partial charge in [-0.2, -0.15) is 0 Å². The van der Waals surface area contributed by atoms with Gasteiger partial charge in [0.05, 0.1) is 11.0 Å². The molecular formula is C9H20ClNO2S. The molecule has 0 radical (unpaired) electrons. The largest absolute Gasteiger partial charge is 0.313 e. The van der Waals surface area contributed by atoms with Gasteiger partial charge in [0, 0.05) is 18.5 Å². The average molecular weight is 242 g/mol. The monoisotopic (exact) mass is 241 g/mol. The Kier molecular flexibility index (Phi) is 6.74. The van der Waals surface area contributed by atoms with E-state index >= 15 is 0 Å². The van der Waals surface area contributed by atoms with Gasteiger partial charge in [-0.25, -0.2) is 8.42 Å². The van der Waals surface area contributed by atoms with Crippen LogP contribution >= 0.6 is 11.6 Å². The first kappa shape index (κ1) is 14.2. The molecule has 1 atom stereocenters. The minimum atomic E-state index is -2.90. The second kappa shape index (κ2) is 6.64. The van der Waals surface area contributed by atoms with Gasteiger partial charge in [0.1, 0.15) is 0 Å². The van der Waals surface area contributed by atoms with E-state index in [-0.39, 0.29) is 17.0 Å². The lowest BCUT2D eigenvalue weighted by atomic mass is 10.3. The molecule has 5 heteroatoms. The lowest BCUT2D eigenvalue weighted by molar-refractivity contribution is 0.544. The van der Waals surface area contributed by atoms with E-state index in [2.05, 4.69) is 5.32 Å². The molecule has 86 valence electrons. The molecule has 0 spiro atoms. The SMILES string of the molecule is CC(CCCl)NCCS(=O)(=O)C(C)C. The lowest BCUT2D eigenvalue weighted by Gasteiger charge is -2.13. The highest BCUT2D eigenvalue weighted by molar-refractivity contribution is 7.92. The molecule has 0 bridgehead atoms. The van der Waals surface area contributed by atoms with Crippen LogP contribution in [-0.2, 0) is 9.84 Å². The zero-order chi connectivity index (χ0) is 11.2. The molecule has 0 aliphatic carbocycles. The molecule has 0 amide bonds. The molecule has 0 aromatic heterocycles. The summed E-state index contributed by atoms with van der Waals surface area (Å²) in [6, 6.07) is 0.287. The fourth-order valence-electron chi connectivity index (χ4n) is 0.949. The van der Waals surface area contributed by atoms with Crippen LogP contribution in [0.5, 0.6) is 0 Å². The molecule has 0 fully saturated rings. The second-order valence-electron chi connectivity index (χ2n) is 3.75. The van der Waals surface area contributed by atoms with Crippen molar-refractivity contribution in [3.63, 3.8) is 0 Å². The van der Waals surface area contributed by atoms with Crippen LogP contribution < -0.4 is 5.32 Å². The van der Waals surface area contributed by atoms with Crippen molar-refractivity contribution in [3.05, 3.63) is 0 Å². The Morgan fingerprint density at radius 3 is 2.29 bits per heavy atom. The highest BCUT2D eigenvalue weighted by Crippen LogP contribution is 2.00. The molecule has 0 aromatic rings. The summed E-state index contributed by atoms with van der Waals surface area (Å²) in [5.74, 6) is 0.808. The fourth-order valence-corrected chi connectivity index (χ4v) is 2.15. The van der Waals surface area contributed by atoms with Gasteiger partial charge in [0.15, 0.2) is 9.84 Å². The lowest BCUT2D eigenvalue weighted by Crippen LogP contribution is -2.33. The first-order valence-corrected chi connectivity index (χ1v) is 7.16. The summed E-state index contributed by atoms with van der Waals surface area (Å²) in [5.41, 5.74) is 0. The molecule has 14 heavy (non-hydrogen) atoms. The molecule has 0 aromatic carbocycles. The van der Waals surface area contributed by atoms with Gasteiger partial charge in [-0.15, -0.1) is 11.6 Å². The molecule has 3 nitrogen and oxygen atoms in total. The zero-order valence-corrected chi connectivity index (χ0v) is 10.7. The van der Waals surface area contributed by atoms with Crippen molar-refractivity contribution in [2.75, 3.05) is 18.2 Å². The van der Waals surface area contributed by atoms with Crippen LogP contribution in [0.25, 0.3) is 0 Å². The summed E-state index contributed by atoms with van der Waals surface area (Å²) in [4.78, 5) is 0. The minimum absolute atomic E-state index is 0.206. The normalized spacial score (nSPS) is 14.6. The number of alkyl halides is 1. The number of rotatable bonds is 7. The van der Waals surface area contributed by atoms with Crippen LogP contribution in [0, 0.1) is 0 Å². The van der Waals surface area contributed by atoms with Gasteiger partial charge in [0.25, 0.3) is 0 Å². The van der Waals surface area contributed by atoms with Crippen LogP contribution in [-0.4, -0.2) is 37.9 Å². The maximum atomic E-state index is 11.4. The predicted molar refractivity (Wildman–Crippen MR) is 61.7 cm³/mol. The van der Waals surface area contributed by atoms with Crippen molar-refractivity contribution in [2.45, 2.75) is 38.5 Å². The number of hydrogen-bond acceptors (Lipinski definition) is 3. The van der Waals surface area contributed by atoms with Crippen molar-refractivity contribution in [1.82, 2.24) is 5.32 Å². The Hall–Kier alpha value is 0.200. The van der Waals surface area contributed by atoms with Gasteiger partial charge in [-0.3, -0.25) is 0 Å². The Morgan fingerprint density at radius 2 is 1.86 bits per heavy atom. The quantitative estimate of drug-likeness (QED) is 0.686. The van der Waals surface area contributed by atoms with Crippen molar-refractivity contribution in [2.24, 2.45) is 0 Å². The Bertz CT molecular complexity index is 239. The number of sulfone groups is 1. The maximum absolute atomic E-state index is 11.4. The Balaban J connectivity index is 3.74. The Morgan fingerprint density at radius 1 is 1.29 bits per heavy atom. The maximum Gasteiger partial charge on any atom is 0.153 e. The highest BCUT2D eigenvalue weighted by atomic mass is 35.5. The summed E-state index contributed by atoms with van der Waals surface area (Å²) >= 11 is 5.56. The summed E-state index contributed by atoms with van der Waals surface area (Å²) in [6.45, 7) is 5.93. The standard InChI is InChI=1S/C9H20ClNO2S/c1-8(2)14(12,13)7-6-11-9(3)4-5-10/h8-9,11H,4-7H2,1-3H3. The van der Waals surface area contributed by atoms with Gasteiger partial charge in [-0.1, -0.05) is 0 Å². The van der Waals surface area contributed by atoms with Crippen molar-refractivity contribution < 1.29 is 8.42 Å². The molecule has 0 aliphatic heterocycles. The third kappa shape index (κ3) is 5.83. The molecule has 0 saturated carbocycles. The van der Waals surface area contributed by atoms with E-state index in [0.717, 1.165) is 6.42 Å². The fraction of sp³-hybridized carbons (Fsp3) is 1.00. The zero-order valence-electron chi connectivity index (χ0n) is 9.09. The molecule has 1 N–H and O–H groups in total. The number of halogens is 1. The number of nitrogens with one attached hydrogen (secondary N) is 1. The molecular weight excluding hydrogens is 222 g/mol. The van der Waals surface area contributed by atoms with Crippen LogP contribution in [0.4, 0.5) is 0 Å². The molecule has 1 unspecified atom stereocenters. The van der Waals surface area contributed by atoms with E-state index in [0.29, 0.717) is 12.4 Å². The van der Waals surface area contributed by atoms with Crippen molar-refractivity contribution in [3.8, 4) is 0 Å². The minimum Gasteiger partial charge on any atom is -0.313 e. The van der Waals surface area contributed by atoms with Gasteiger partial charge < -0.3 is 5.32 Å². The van der Waals surface area contributed by atoms with E-state index in [1.54, 1.807) is 13.8 Å². The first-order chi connectivity index (χ1) is 6.40. The first-order valence-electron chi connectivity index (χ1n) is 4.91. The van der Waals surface area contributed by atoms with Crippen molar-refractivity contribution >= 4 is 21.4 Å². The van der Waals surface area contributed by atoms with Crippen LogP contribution in [0.1, 0.15) is 27.2 Å². The van der Waals surface area contributed by atoms with E-state index in [1.165, 1.54) is 0 Å². The van der Waals surface area contributed by atoms with E-state index in [4.69, 9.17) is 11.6 Å². The highest BCUT2D eigenvalue weighted by Gasteiger charge is 2.15. The summed E-state index contributed by atoms with van der Waals surface area (Å²) in [7, 11) is -2.90. The third-order valence-corrected chi connectivity index (χ3v) is 4.57. The van der Waals surface area contributed by atoms with E-state index < -0.39 is 9.84 Å². The van der Waals surface area contributed by atoms with Gasteiger partial charge in [-0.05, 0) is 27.2 Å². The Labute approximate surface area is 92.1 Å². The second-order valence-corrected chi connectivity index (χ2v) is 6.80. The van der Waals surface area contributed by atoms with Crippen LogP contribution in [0.15, 0.2) is 0 Å². The van der Waals surface area contributed by atoms with Crippen LogP contribution in [0.2, 0.25) is 0 Å². The van der Waals surface area contributed by atoms with Gasteiger partial charge in [0.2, 0.25) is 0 Å². The third-order valence-electron chi connectivity index (χ3n) is 2.14. The van der Waals surface area contributed by atoms with E-state index in [1.807, 2.05) is 6.92 Å².